The fourth-order valence-electron chi connectivity index (χ4n) is 2.20. The van der Waals surface area contributed by atoms with Gasteiger partial charge in [0.1, 0.15) is 6.04 Å². The number of carbonyl (C=O) groups is 1. The van der Waals surface area contributed by atoms with E-state index in [0.717, 1.165) is 24.1 Å². The van der Waals surface area contributed by atoms with E-state index >= 15 is 0 Å². The summed E-state index contributed by atoms with van der Waals surface area (Å²) in [6, 6.07) is 19.4. The van der Waals surface area contributed by atoms with E-state index in [1.807, 2.05) is 66.7 Å². The van der Waals surface area contributed by atoms with Crippen LogP contribution in [0.15, 0.2) is 73.3 Å². The molecule has 0 heterocycles. The first-order valence-electron chi connectivity index (χ1n) is 7.53. The molecule has 1 unspecified atom stereocenters. The highest BCUT2D eigenvalue weighted by molar-refractivity contribution is 5.84. The largest absolute Gasteiger partial charge is 0.374 e. The Bertz CT molecular complexity index is 581. The van der Waals surface area contributed by atoms with Crippen molar-refractivity contribution in [2.75, 3.05) is 5.32 Å². The zero-order valence-corrected chi connectivity index (χ0v) is 12.7. The topological polar surface area (TPSA) is 41.1 Å². The molecule has 22 heavy (non-hydrogen) atoms. The van der Waals surface area contributed by atoms with Crippen molar-refractivity contribution in [3.63, 3.8) is 0 Å². The van der Waals surface area contributed by atoms with Crippen LogP contribution in [0.5, 0.6) is 0 Å². The molecule has 0 aliphatic carbocycles. The average Bonchev–Trinajstić information content (AvgIpc) is 2.58. The third-order valence-electron chi connectivity index (χ3n) is 3.40. The first-order valence-corrected chi connectivity index (χ1v) is 7.53. The van der Waals surface area contributed by atoms with Crippen LogP contribution in [0.2, 0.25) is 0 Å². The first-order chi connectivity index (χ1) is 10.8. The maximum Gasteiger partial charge on any atom is 0.242 e. The van der Waals surface area contributed by atoms with Crippen LogP contribution < -0.4 is 10.6 Å². The van der Waals surface area contributed by atoms with E-state index in [4.69, 9.17) is 0 Å². The van der Waals surface area contributed by atoms with E-state index < -0.39 is 0 Å². The molecule has 0 bridgehead atoms. The van der Waals surface area contributed by atoms with Crippen LogP contribution in [0.3, 0.4) is 0 Å². The van der Waals surface area contributed by atoms with Crippen molar-refractivity contribution in [2.45, 2.75) is 25.4 Å². The SMILES string of the molecule is C=CCCC(Nc1ccccc1)C(=O)NCc1ccccc1. The number of para-hydroxylation sites is 1. The van der Waals surface area contributed by atoms with Crippen molar-refractivity contribution in [1.82, 2.24) is 5.32 Å². The maximum atomic E-state index is 12.4. The lowest BCUT2D eigenvalue weighted by Gasteiger charge is -2.19. The third-order valence-corrected chi connectivity index (χ3v) is 3.40. The standard InChI is InChI=1S/C19H22N2O/c1-2-3-14-18(21-17-12-8-5-9-13-17)19(22)20-15-16-10-6-4-7-11-16/h2,4-13,18,21H,1,3,14-15H2,(H,20,22). The van der Waals surface area contributed by atoms with Gasteiger partial charge < -0.3 is 10.6 Å². The van der Waals surface area contributed by atoms with Gasteiger partial charge in [-0.3, -0.25) is 4.79 Å². The summed E-state index contributed by atoms with van der Waals surface area (Å²) in [4.78, 5) is 12.4. The van der Waals surface area contributed by atoms with Gasteiger partial charge in [0, 0.05) is 12.2 Å². The number of benzene rings is 2. The zero-order valence-electron chi connectivity index (χ0n) is 12.7. The monoisotopic (exact) mass is 294 g/mol. The quantitative estimate of drug-likeness (QED) is 0.728. The number of amides is 1. The van der Waals surface area contributed by atoms with Crippen LogP contribution in [0, 0.1) is 0 Å². The van der Waals surface area contributed by atoms with E-state index in [-0.39, 0.29) is 11.9 Å². The minimum atomic E-state index is -0.260. The lowest BCUT2D eigenvalue weighted by Crippen LogP contribution is -2.39. The molecule has 0 spiro atoms. The summed E-state index contributed by atoms with van der Waals surface area (Å²) in [7, 11) is 0. The number of hydrogen-bond acceptors (Lipinski definition) is 2. The first kappa shape index (κ1) is 15.8. The Morgan fingerprint density at radius 3 is 2.32 bits per heavy atom. The summed E-state index contributed by atoms with van der Waals surface area (Å²) in [5.41, 5.74) is 2.05. The van der Waals surface area contributed by atoms with E-state index in [1.165, 1.54) is 0 Å². The molecule has 0 aromatic heterocycles. The Morgan fingerprint density at radius 1 is 1.05 bits per heavy atom. The predicted molar refractivity (Wildman–Crippen MR) is 91.6 cm³/mol. The van der Waals surface area contributed by atoms with E-state index in [2.05, 4.69) is 17.2 Å². The molecule has 0 saturated carbocycles. The summed E-state index contributed by atoms with van der Waals surface area (Å²) in [6.07, 6.45) is 3.35. The van der Waals surface area contributed by atoms with E-state index in [0.29, 0.717) is 6.54 Å². The Kier molecular flexibility index (Phi) is 6.24. The minimum Gasteiger partial charge on any atom is -0.374 e. The van der Waals surface area contributed by atoms with Gasteiger partial charge in [-0.1, -0.05) is 54.6 Å². The fraction of sp³-hybridized carbons (Fsp3) is 0.211. The molecule has 3 heteroatoms. The van der Waals surface area contributed by atoms with Crippen molar-refractivity contribution >= 4 is 11.6 Å². The molecule has 2 N–H and O–H groups in total. The summed E-state index contributed by atoms with van der Waals surface area (Å²) in [5, 5.41) is 6.28. The van der Waals surface area contributed by atoms with Gasteiger partial charge in [0.2, 0.25) is 5.91 Å². The van der Waals surface area contributed by atoms with Crippen LogP contribution in [0.4, 0.5) is 5.69 Å². The molecule has 2 rings (SSSR count). The second-order valence-electron chi connectivity index (χ2n) is 5.13. The molecule has 0 radical (unpaired) electrons. The van der Waals surface area contributed by atoms with Crippen LogP contribution >= 0.6 is 0 Å². The molecular weight excluding hydrogens is 272 g/mol. The summed E-state index contributed by atoms with van der Waals surface area (Å²) in [6.45, 7) is 4.28. The van der Waals surface area contributed by atoms with Gasteiger partial charge in [0.15, 0.2) is 0 Å². The molecule has 1 atom stereocenters. The highest BCUT2D eigenvalue weighted by Gasteiger charge is 2.17. The average molecular weight is 294 g/mol. The highest BCUT2D eigenvalue weighted by Crippen LogP contribution is 2.11. The van der Waals surface area contributed by atoms with Crippen LogP contribution in [-0.2, 0) is 11.3 Å². The molecule has 0 aliphatic rings. The van der Waals surface area contributed by atoms with E-state index in [1.54, 1.807) is 0 Å². The Labute approximate surface area is 132 Å². The lowest BCUT2D eigenvalue weighted by molar-refractivity contribution is -0.122. The van der Waals surface area contributed by atoms with Crippen molar-refractivity contribution in [2.24, 2.45) is 0 Å². The second-order valence-corrected chi connectivity index (χ2v) is 5.13. The number of nitrogens with one attached hydrogen (secondary N) is 2. The molecule has 2 aromatic carbocycles. The predicted octanol–water partition coefficient (Wildman–Crippen LogP) is 3.75. The van der Waals surface area contributed by atoms with Gasteiger partial charge in [-0.2, -0.15) is 0 Å². The normalized spacial score (nSPS) is 11.5. The van der Waals surface area contributed by atoms with Gasteiger partial charge in [0.25, 0.3) is 0 Å². The van der Waals surface area contributed by atoms with Crippen LogP contribution in [-0.4, -0.2) is 11.9 Å². The van der Waals surface area contributed by atoms with Crippen LogP contribution in [0.1, 0.15) is 18.4 Å². The molecular formula is C19H22N2O. The summed E-state index contributed by atoms with van der Waals surface area (Å²) in [5.74, 6) is 0.00885. The van der Waals surface area contributed by atoms with Crippen molar-refractivity contribution in [3.8, 4) is 0 Å². The van der Waals surface area contributed by atoms with E-state index in [9.17, 15) is 4.79 Å². The molecule has 0 fully saturated rings. The van der Waals surface area contributed by atoms with Crippen molar-refractivity contribution < 1.29 is 4.79 Å². The molecule has 0 aliphatic heterocycles. The number of anilines is 1. The number of rotatable bonds is 8. The Balaban J connectivity index is 1.95. The Hall–Kier alpha value is -2.55. The number of allylic oxidation sites excluding steroid dienone is 1. The Morgan fingerprint density at radius 2 is 1.68 bits per heavy atom. The number of hydrogen-bond donors (Lipinski definition) is 2. The van der Waals surface area contributed by atoms with Gasteiger partial charge in [-0.15, -0.1) is 6.58 Å². The fourth-order valence-corrected chi connectivity index (χ4v) is 2.20. The third kappa shape index (κ3) is 5.09. The highest BCUT2D eigenvalue weighted by atomic mass is 16.2. The van der Waals surface area contributed by atoms with Crippen LogP contribution in [0.25, 0.3) is 0 Å². The van der Waals surface area contributed by atoms with Gasteiger partial charge in [-0.05, 0) is 30.5 Å². The molecule has 1 amide bonds. The summed E-state index contributed by atoms with van der Waals surface area (Å²) >= 11 is 0. The van der Waals surface area contributed by atoms with Gasteiger partial charge in [0.05, 0.1) is 0 Å². The van der Waals surface area contributed by atoms with Gasteiger partial charge >= 0.3 is 0 Å². The lowest BCUT2D eigenvalue weighted by atomic mass is 10.1. The molecule has 114 valence electrons. The second kappa shape index (κ2) is 8.67. The van der Waals surface area contributed by atoms with Gasteiger partial charge in [-0.25, -0.2) is 0 Å². The van der Waals surface area contributed by atoms with Crippen molar-refractivity contribution in [1.29, 1.82) is 0 Å². The maximum absolute atomic E-state index is 12.4. The number of carbonyl (C=O) groups excluding carboxylic acids is 1. The smallest absolute Gasteiger partial charge is 0.242 e. The van der Waals surface area contributed by atoms with Crippen molar-refractivity contribution in [3.05, 3.63) is 78.9 Å². The minimum absolute atomic E-state index is 0.00885. The molecule has 2 aromatic rings. The molecule has 0 saturated heterocycles. The summed E-state index contributed by atoms with van der Waals surface area (Å²) < 4.78 is 0. The molecule has 3 nitrogen and oxygen atoms in total. The zero-order chi connectivity index (χ0) is 15.6.